The van der Waals surface area contributed by atoms with E-state index in [4.69, 9.17) is 0 Å². The zero-order chi connectivity index (χ0) is 22.6. The first-order valence-electron chi connectivity index (χ1n) is 10.3. The first-order chi connectivity index (χ1) is 14.7. The Bertz CT molecular complexity index is 1060. The summed E-state index contributed by atoms with van der Waals surface area (Å²) in [5.41, 5.74) is 2.54. The SMILES string of the molecule is CCc1ccc(CCC(=O)N2CCN(c3ccc(S(C)(=O)=O)cc3[N+](=O)[O-])CC2)cc1. The third-order valence-electron chi connectivity index (χ3n) is 5.60. The number of amides is 1. The third-order valence-corrected chi connectivity index (χ3v) is 6.71. The molecule has 0 atom stereocenters. The van der Waals surface area contributed by atoms with E-state index in [1.807, 2.05) is 4.90 Å². The average Bonchev–Trinajstić information content (AvgIpc) is 2.77. The van der Waals surface area contributed by atoms with Crippen LogP contribution in [0.1, 0.15) is 24.5 Å². The Kier molecular flexibility index (Phi) is 6.94. The maximum absolute atomic E-state index is 12.6. The van der Waals surface area contributed by atoms with Gasteiger partial charge in [-0.25, -0.2) is 8.42 Å². The van der Waals surface area contributed by atoms with Crippen LogP contribution in [0, 0.1) is 10.1 Å². The number of benzene rings is 2. The second-order valence-corrected chi connectivity index (χ2v) is 9.73. The fraction of sp³-hybridized carbons (Fsp3) is 0.409. The van der Waals surface area contributed by atoms with Gasteiger partial charge >= 0.3 is 0 Å². The molecule has 0 radical (unpaired) electrons. The molecule has 31 heavy (non-hydrogen) atoms. The molecule has 0 spiro atoms. The number of carbonyl (C=O) groups excluding carboxylic acids is 1. The molecule has 1 fully saturated rings. The molecule has 166 valence electrons. The van der Waals surface area contributed by atoms with Crippen molar-refractivity contribution in [1.82, 2.24) is 4.90 Å². The van der Waals surface area contributed by atoms with Crippen LogP contribution in [0.5, 0.6) is 0 Å². The molecule has 3 rings (SSSR count). The lowest BCUT2D eigenvalue weighted by molar-refractivity contribution is -0.384. The number of hydrogen-bond acceptors (Lipinski definition) is 6. The Balaban J connectivity index is 1.61. The number of rotatable bonds is 7. The molecule has 1 saturated heterocycles. The van der Waals surface area contributed by atoms with Crippen molar-refractivity contribution in [2.45, 2.75) is 31.1 Å². The van der Waals surface area contributed by atoms with Crippen molar-refractivity contribution in [1.29, 1.82) is 0 Å². The Hall–Kier alpha value is -2.94. The van der Waals surface area contributed by atoms with Crippen LogP contribution >= 0.6 is 0 Å². The lowest BCUT2D eigenvalue weighted by Crippen LogP contribution is -2.49. The number of sulfone groups is 1. The maximum Gasteiger partial charge on any atom is 0.293 e. The summed E-state index contributed by atoms with van der Waals surface area (Å²) in [4.78, 5) is 27.1. The van der Waals surface area contributed by atoms with Crippen molar-refractivity contribution in [3.8, 4) is 0 Å². The standard InChI is InChI=1S/C22H27N3O5S/c1-3-17-4-6-18(7-5-17)8-11-22(26)24-14-12-23(13-15-24)20-10-9-19(31(2,29)30)16-21(20)25(27)28/h4-7,9-10,16H,3,8,11-15H2,1-2H3. The van der Waals surface area contributed by atoms with Crippen LogP contribution in [-0.4, -0.2) is 56.6 Å². The summed E-state index contributed by atoms with van der Waals surface area (Å²) in [6.45, 7) is 3.95. The minimum atomic E-state index is -3.54. The highest BCUT2D eigenvalue weighted by atomic mass is 32.2. The van der Waals surface area contributed by atoms with Gasteiger partial charge in [0.2, 0.25) is 5.91 Å². The molecule has 9 heteroatoms. The predicted molar refractivity (Wildman–Crippen MR) is 119 cm³/mol. The molecular formula is C22H27N3O5S. The van der Waals surface area contributed by atoms with E-state index >= 15 is 0 Å². The molecule has 1 aliphatic heterocycles. The van der Waals surface area contributed by atoms with Crippen LogP contribution in [0.3, 0.4) is 0 Å². The van der Waals surface area contributed by atoms with Crippen molar-refractivity contribution < 1.29 is 18.1 Å². The van der Waals surface area contributed by atoms with Crippen molar-refractivity contribution in [3.63, 3.8) is 0 Å². The van der Waals surface area contributed by atoms with E-state index in [-0.39, 0.29) is 16.5 Å². The molecular weight excluding hydrogens is 418 g/mol. The lowest BCUT2D eigenvalue weighted by atomic mass is 10.1. The summed E-state index contributed by atoms with van der Waals surface area (Å²) in [6.07, 6.45) is 3.11. The highest BCUT2D eigenvalue weighted by Gasteiger charge is 2.27. The van der Waals surface area contributed by atoms with Crippen molar-refractivity contribution in [2.75, 3.05) is 37.3 Å². The normalized spacial score (nSPS) is 14.5. The topological polar surface area (TPSA) is 101 Å². The Labute approximate surface area is 182 Å². The number of piperazine rings is 1. The molecule has 0 aromatic heterocycles. The summed E-state index contributed by atoms with van der Waals surface area (Å²) in [7, 11) is -3.54. The van der Waals surface area contributed by atoms with Crippen LogP contribution in [0.25, 0.3) is 0 Å². The van der Waals surface area contributed by atoms with E-state index in [0.717, 1.165) is 24.3 Å². The minimum Gasteiger partial charge on any atom is -0.362 e. The number of nitrogens with zero attached hydrogens (tertiary/aromatic N) is 3. The van der Waals surface area contributed by atoms with Crippen molar-refractivity contribution >= 4 is 27.1 Å². The number of hydrogen-bond donors (Lipinski definition) is 0. The van der Waals surface area contributed by atoms with Crippen LogP contribution in [0.15, 0.2) is 47.4 Å². The zero-order valence-corrected chi connectivity index (χ0v) is 18.6. The Morgan fingerprint density at radius 1 is 1.03 bits per heavy atom. The summed E-state index contributed by atoms with van der Waals surface area (Å²) in [6, 6.07) is 12.3. The van der Waals surface area contributed by atoms with Gasteiger partial charge in [0, 0.05) is 44.9 Å². The van der Waals surface area contributed by atoms with Gasteiger partial charge in [0.05, 0.1) is 9.82 Å². The van der Waals surface area contributed by atoms with Crippen LogP contribution in [-0.2, 0) is 27.5 Å². The summed E-state index contributed by atoms with van der Waals surface area (Å²) >= 11 is 0. The van der Waals surface area contributed by atoms with Gasteiger partial charge in [-0.05, 0) is 36.1 Å². The van der Waals surface area contributed by atoms with Gasteiger partial charge in [-0.1, -0.05) is 31.2 Å². The van der Waals surface area contributed by atoms with Gasteiger partial charge in [-0.2, -0.15) is 0 Å². The second-order valence-electron chi connectivity index (χ2n) is 7.72. The fourth-order valence-corrected chi connectivity index (χ4v) is 4.34. The summed E-state index contributed by atoms with van der Waals surface area (Å²) in [5, 5.41) is 11.5. The largest absolute Gasteiger partial charge is 0.362 e. The molecule has 2 aromatic rings. The van der Waals surface area contributed by atoms with Crippen molar-refractivity contribution in [3.05, 3.63) is 63.7 Å². The van der Waals surface area contributed by atoms with E-state index in [2.05, 4.69) is 31.2 Å². The fourth-order valence-electron chi connectivity index (χ4n) is 3.70. The Morgan fingerprint density at radius 2 is 1.65 bits per heavy atom. The number of nitro groups is 1. The van der Waals surface area contributed by atoms with Gasteiger partial charge in [0.25, 0.3) is 5.69 Å². The van der Waals surface area contributed by atoms with Gasteiger partial charge < -0.3 is 9.80 Å². The number of carbonyl (C=O) groups is 1. The smallest absolute Gasteiger partial charge is 0.293 e. The van der Waals surface area contributed by atoms with E-state index in [9.17, 15) is 23.3 Å². The van der Waals surface area contributed by atoms with E-state index in [0.29, 0.717) is 44.7 Å². The highest BCUT2D eigenvalue weighted by Crippen LogP contribution is 2.31. The van der Waals surface area contributed by atoms with Crippen LogP contribution < -0.4 is 4.90 Å². The minimum absolute atomic E-state index is 0.0705. The zero-order valence-electron chi connectivity index (χ0n) is 17.8. The van der Waals surface area contributed by atoms with Gasteiger partial charge in [-0.3, -0.25) is 14.9 Å². The van der Waals surface area contributed by atoms with Gasteiger partial charge in [0.15, 0.2) is 9.84 Å². The molecule has 0 unspecified atom stereocenters. The van der Waals surface area contributed by atoms with E-state index in [1.165, 1.54) is 17.7 Å². The molecule has 0 saturated carbocycles. The molecule has 0 bridgehead atoms. The molecule has 0 N–H and O–H groups in total. The van der Waals surface area contributed by atoms with Gasteiger partial charge in [0.1, 0.15) is 5.69 Å². The predicted octanol–water partition coefficient (Wildman–Crippen LogP) is 2.84. The van der Waals surface area contributed by atoms with Gasteiger partial charge in [-0.15, -0.1) is 0 Å². The number of aryl methyl sites for hydroxylation is 2. The first-order valence-corrected chi connectivity index (χ1v) is 12.2. The number of nitro benzene ring substituents is 1. The molecule has 8 nitrogen and oxygen atoms in total. The van der Waals surface area contributed by atoms with E-state index in [1.54, 1.807) is 4.90 Å². The first kappa shape index (κ1) is 22.7. The van der Waals surface area contributed by atoms with Crippen molar-refractivity contribution in [2.24, 2.45) is 0 Å². The maximum atomic E-state index is 12.6. The second kappa shape index (κ2) is 9.47. The monoisotopic (exact) mass is 445 g/mol. The summed E-state index contributed by atoms with van der Waals surface area (Å²) in [5.74, 6) is 0.0705. The molecule has 1 aliphatic rings. The molecule has 1 amide bonds. The number of anilines is 1. The highest BCUT2D eigenvalue weighted by molar-refractivity contribution is 7.90. The van der Waals surface area contributed by atoms with Crippen LogP contribution in [0.4, 0.5) is 11.4 Å². The third kappa shape index (κ3) is 5.61. The quantitative estimate of drug-likeness (QED) is 0.480. The Morgan fingerprint density at radius 3 is 2.19 bits per heavy atom. The molecule has 1 heterocycles. The molecule has 2 aromatic carbocycles. The molecule has 0 aliphatic carbocycles. The average molecular weight is 446 g/mol. The van der Waals surface area contributed by atoms with E-state index < -0.39 is 14.8 Å². The summed E-state index contributed by atoms with van der Waals surface area (Å²) < 4.78 is 23.5. The van der Waals surface area contributed by atoms with Crippen LogP contribution in [0.2, 0.25) is 0 Å². The lowest BCUT2D eigenvalue weighted by Gasteiger charge is -2.36.